The summed E-state index contributed by atoms with van der Waals surface area (Å²) < 4.78 is 0. The zero-order valence-corrected chi connectivity index (χ0v) is 13.0. The Labute approximate surface area is 127 Å². The lowest BCUT2D eigenvalue weighted by Crippen LogP contribution is -2.47. The van der Waals surface area contributed by atoms with Crippen LogP contribution in [-0.4, -0.2) is 36.0 Å². The van der Waals surface area contributed by atoms with E-state index in [9.17, 15) is 4.79 Å². The summed E-state index contributed by atoms with van der Waals surface area (Å²) in [6.45, 7) is 2.14. The van der Waals surface area contributed by atoms with Gasteiger partial charge in [-0.05, 0) is 75.2 Å². The van der Waals surface area contributed by atoms with E-state index in [0.29, 0.717) is 23.9 Å². The Morgan fingerprint density at radius 2 is 1.76 bits per heavy atom. The third-order valence-electron chi connectivity index (χ3n) is 7.12. The number of carbonyl (C=O) groups excluding carboxylic acids is 1. The molecule has 0 aromatic heterocycles. The summed E-state index contributed by atoms with van der Waals surface area (Å²) in [6.07, 6.45) is 10.7. The van der Waals surface area contributed by atoms with E-state index in [0.717, 1.165) is 36.8 Å². The Hall–Kier alpha value is -0.570. The molecule has 1 N–H and O–H groups in total. The number of nitrogens with one attached hydrogen (secondary N) is 1. The maximum absolute atomic E-state index is 13.1. The number of carbonyl (C=O) groups is 1. The van der Waals surface area contributed by atoms with E-state index in [-0.39, 0.29) is 0 Å². The zero-order chi connectivity index (χ0) is 14.0. The first-order valence-electron chi connectivity index (χ1n) is 9.37. The Morgan fingerprint density at radius 3 is 2.38 bits per heavy atom. The normalized spacial score (nSPS) is 47.2. The van der Waals surface area contributed by atoms with Gasteiger partial charge in [-0.15, -0.1) is 0 Å². The van der Waals surface area contributed by atoms with Crippen LogP contribution in [0.5, 0.6) is 0 Å². The highest BCUT2D eigenvalue weighted by Crippen LogP contribution is 2.69. The van der Waals surface area contributed by atoms with E-state index in [1.165, 1.54) is 51.4 Å². The van der Waals surface area contributed by atoms with Crippen LogP contribution in [0.15, 0.2) is 0 Å². The fourth-order valence-corrected chi connectivity index (χ4v) is 5.97. The SMILES string of the molecule is O=C(C1C2C3CCC(C3)C12)N(CC1CCCCN1)C1CC1. The van der Waals surface area contributed by atoms with Crippen molar-refractivity contribution in [2.45, 2.75) is 63.5 Å². The zero-order valence-electron chi connectivity index (χ0n) is 13.0. The van der Waals surface area contributed by atoms with Gasteiger partial charge >= 0.3 is 0 Å². The molecule has 5 rings (SSSR count). The van der Waals surface area contributed by atoms with Crippen LogP contribution >= 0.6 is 0 Å². The second-order valence-electron chi connectivity index (χ2n) is 8.38. The first-order chi connectivity index (χ1) is 10.3. The van der Waals surface area contributed by atoms with Gasteiger partial charge in [0.15, 0.2) is 0 Å². The second-order valence-corrected chi connectivity index (χ2v) is 8.38. The summed E-state index contributed by atoms with van der Waals surface area (Å²) in [5.41, 5.74) is 0. The molecule has 5 atom stereocenters. The summed E-state index contributed by atoms with van der Waals surface area (Å²) >= 11 is 0. The highest BCUT2D eigenvalue weighted by molar-refractivity contribution is 5.83. The lowest BCUT2D eigenvalue weighted by atomic mass is 10.0. The first-order valence-corrected chi connectivity index (χ1v) is 9.37. The van der Waals surface area contributed by atoms with Crippen LogP contribution in [0.2, 0.25) is 0 Å². The summed E-state index contributed by atoms with van der Waals surface area (Å²) in [4.78, 5) is 15.4. The highest BCUT2D eigenvalue weighted by atomic mass is 16.2. The molecule has 0 spiro atoms. The molecule has 5 aliphatic rings. The second kappa shape index (κ2) is 4.71. The van der Waals surface area contributed by atoms with Crippen molar-refractivity contribution < 1.29 is 4.79 Å². The van der Waals surface area contributed by atoms with E-state index in [2.05, 4.69) is 10.2 Å². The van der Waals surface area contributed by atoms with Crippen LogP contribution in [-0.2, 0) is 4.79 Å². The van der Waals surface area contributed by atoms with Gasteiger partial charge in [-0.25, -0.2) is 0 Å². The van der Waals surface area contributed by atoms with Crippen molar-refractivity contribution in [1.29, 1.82) is 0 Å². The Morgan fingerprint density at radius 1 is 1.00 bits per heavy atom. The molecule has 3 nitrogen and oxygen atoms in total. The molecule has 0 radical (unpaired) electrons. The van der Waals surface area contributed by atoms with Crippen LogP contribution in [0.25, 0.3) is 0 Å². The molecule has 0 aromatic carbocycles. The van der Waals surface area contributed by atoms with Gasteiger partial charge < -0.3 is 10.2 Å². The number of nitrogens with zero attached hydrogens (tertiary/aromatic N) is 1. The minimum Gasteiger partial charge on any atom is -0.338 e. The smallest absolute Gasteiger partial charge is 0.226 e. The van der Waals surface area contributed by atoms with Crippen molar-refractivity contribution in [1.82, 2.24) is 10.2 Å². The topological polar surface area (TPSA) is 32.3 Å². The number of rotatable bonds is 4. The van der Waals surface area contributed by atoms with E-state index >= 15 is 0 Å². The Kier molecular flexibility index (Phi) is 2.90. The number of hydrogen-bond donors (Lipinski definition) is 1. The maximum Gasteiger partial charge on any atom is 0.226 e. The van der Waals surface area contributed by atoms with Gasteiger partial charge in [0.1, 0.15) is 0 Å². The molecule has 2 bridgehead atoms. The molecule has 1 saturated heterocycles. The molecule has 21 heavy (non-hydrogen) atoms. The Bertz CT molecular complexity index is 424. The predicted molar refractivity (Wildman–Crippen MR) is 81.7 cm³/mol. The van der Waals surface area contributed by atoms with Crippen LogP contribution in [0, 0.1) is 29.6 Å². The third kappa shape index (κ3) is 2.07. The lowest BCUT2D eigenvalue weighted by Gasteiger charge is -2.31. The molecule has 5 fully saturated rings. The number of hydrogen-bond acceptors (Lipinski definition) is 2. The van der Waals surface area contributed by atoms with Crippen molar-refractivity contribution in [3.63, 3.8) is 0 Å². The van der Waals surface area contributed by atoms with Crippen molar-refractivity contribution in [2.24, 2.45) is 29.6 Å². The maximum atomic E-state index is 13.1. The van der Waals surface area contributed by atoms with Gasteiger partial charge in [0.25, 0.3) is 0 Å². The molecule has 5 unspecified atom stereocenters. The summed E-state index contributed by atoms with van der Waals surface area (Å²) in [6, 6.07) is 1.17. The Balaban J connectivity index is 1.27. The van der Waals surface area contributed by atoms with Gasteiger partial charge in [0.05, 0.1) is 0 Å². The van der Waals surface area contributed by atoms with Crippen molar-refractivity contribution in [2.75, 3.05) is 13.1 Å². The molecular weight excluding hydrogens is 260 g/mol. The van der Waals surface area contributed by atoms with Gasteiger partial charge in [-0.3, -0.25) is 4.79 Å². The van der Waals surface area contributed by atoms with Crippen LogP contribution in [0.1, 0.15) is 51.4 Å². The predicted octanol–water partition coefficient (Wildman–Crippen LogP) is 2.41. The van der Waals surface area contributed by atoms with Crippen LogP contribution < -0.4 is 5.32 Å². The van der Waals surface area contributed by atoms with Gasteiger partial charge in [-0.1, -0.05) is 6.42 Å². The standard InChI is InChI=1S/C18H28N2O/c21-18(17-15-11-4-5-12(9-11)16(15)17)20(14-6-7-14)10-13-3-1-2-8-19-13/h11-17,19H,1-10H2. The van der Waals surface area contributed by atoms with E-state index in [1.807, 2.05) is 0 Å². The minimum absolute atomic E-state index is 0.445. The summed E-state index contributed by atoms with van der Waals surface area (Å²) in [5.74, 6) is 4.44. The van der Waals surface area contributed by atoms with Gasteiger partial charge in [0.2, 0.25) is 5.91 Å². The lowest BCUT2D eigenvalue weighted by molar-refractivity contribution is -0.134. The fourth-order valence-electron chi connectivity index (χ4n) is 5.97. The molecule has 0 aromatic rings. The van der Waals surface area contributed by atoms with Gasteiger partial charge in [0, 0.05) is 24.5 Å². The average molecular weight is 288 g/mol. The molecule has 4 aliphatic carbocycles. The molecule has 1 aliphatic heterocycles. The van der Waals surface area contributed by atoms with Crippen LogP contribution in [0.4, 0.5) is 0 Å². The molecule has 1 amide bonds. The van der Waals surface area contributed by atoms with Gasteiger partial charge in [-0.2, -0.15) is 0 Å². The summed E-state index contributed by atoms with van der Waals surface area (Å²) in [5, 5.41) is 3.63. The molecule has 1 heterocycles. The van der Waals surface area contributed by atoms with Crippen molar-refractivity contribution in [3.8, 4) is 0 Å². The quantitative estimate of drug-likeness (QED) is 0.861. The van der Waals surface area contributed by atoms with E-state index < -0.39 is 0 Å². The minimum atomic E-state index is 0.445. The molecule has 116 valence electrons. The molecular formula is C18H28N2O. The third-order valence-corrected chi connectivity index (χ3v) is 7.12. The monoisotopic (exact) mass is 288 g/mol. The largest absolute Gasteiger partial charge is 0.338 e. The average Bonchev–Trinajstić information content (AvgIpc) is 3.43. The number of piperidine rings is 1. The van der Waals surface area contributed by atoms with Crippen molar-refractivity contribution >= 4 is 5.91 Å². The highest BCUT2D eigenvalue weighted by Gasteiger charge is 2.68. The molecule has 4 saturated carbocycles. The summed E-state index contributed by atoms with van der Waals surface area (Å²) in [7, 11) is 0. The number of fused-ring (bicyclic) bond motifs is 5. The van der Waals surface area contributed by atoms with E-state index in [4.69, 9.17) is 0 Å². The van der Waals surface area contributed by atoms with Crippen molar-refractivity contribution in [3.05, 3.63) is 0 Å². The fraction of sp³-hybridized carbons (Fsp3) is 0.944. The first kappa shape index (κ1) is 12.9. The molecule has 3 heteroatoms. The van der Waals surface area contributed by atoms with E-state index in [1.54, 1.807) is 0 Å². The number of amides is 1. The van der Waals surface area contributed by atoms with Crippen LogP contribution in [0.3, 0.4) is 0 Å².